The third-order valence-electron chi connectivity index (χ3n) is 4.68. The Hall–Kier alpha value is -4.00. The number of non-ortho nitro benzene ring substituents is 1. The van der Waals surface area contributed by atoms with Crippen molar-refractivity contribution in [2.45, 2.75) is 12.5 Å². The molecule has 7 nitrogen and oxygen atoms in total. The molecule has 0 saturated heterocycles. The summed E-state index contributed by atoms with van der Waals surface area (Å²) < 4.78 is 0. The van der Waals surface area contributed by atoms with Crippen molar-refractivity contribution in [2.24, 2.45) is 0 Å². The number of aromatic amines is 1. The molecule has 1 heterocycles. The van der Waals surface area contributed by atoms with Crippen LogP contribution in [-0.4, -0.2) is 20.8 Å². The van der Waals surface area contributed by atoms with Crippen molar-refractivity contribution in [3.8, 4) is 0 Å². The number of nitro groups is 1. The van der Waals surface area contributed by atoms with Crippen LogP contribution in [0.15, 0.2) is 78.9 Å². The average Bonchev–Trinajstić information content (AvgIpc) is 3.16. The second kappa shape index (κ2) is 7.93. The Morgan fingerprint density at radius 1 is 1.00 bits per heavy atom. The fourth-order valence-electron chi connectivity index (χ4n) is 3.31. The first-order valence-corrected chi connectivity index (χ1v) is 9.12. The van der Waals surface area contributed by atoms with Gasteiger partial charge in [-0.3, -0.25) is 14.9 Å². The smallest absolute Gasteiger partial charge is 0.271 e. The van der Waals surface area contributed by atoms with Crippen LogP contribution in [0.5, 0.6) is 0 Å². The molecule has 0 bridgehead atoms. The highest BCUT2D eigenvalue weighted by atomic mass is 16.6. The maximum Gasteiger partial charge on any atom is 0.271 e. The highest BCUT2D eigenvalue weighted by Gasteiger charge is 2.22. The standard InChI is InChI=1S/C22H18N4O3/c27-22(21(15-7-3-1-4-8-15)16-9-5-2-6-10-16)23-14-20-24-18-12-11-17(26(28)29)13-19(18)25-20/h1-13,21H,14H2,(H,23,27)(H,24,25). The number of rotatable bonds is 6. The summed E-state index contributed by atoms with van der Waals surface area (Å²) in [6.45, 7) is 0.192. The minimum absolute atomic E-state index is 0.00930. The van der Waals surface area contributed by atoms with Gasteiger partial charge in [-0.25, -0.2) is 4.98 Å². The van der Waals surface area contributed by atoms with Gasteiger partial charge in [0.25, 0.3) is 5.69 Å². The zero-order valence-electron chi connectivity index (χ0n) is 15.4. The van der Waals surface area contributed by atoms with Gasteiger partial charge in [-0.15, -0.1) is 0 Å². The van der Waals surface area contributed by atoms with E-state index in [2.05, 4.69) is 15.3 Å². The highest BCUT2D eigenvalue weighted by Crippen LogP contribution is 2.25. The van der Waals surface area contributed by atoms with Crippen LogP contribution in [0.1, 0.15) is 22.9 Å². The lowest BCUT2D eigenvalue weighted by Gasteiger charge is -2.17. The minimum atomic E-state index is -0.452. The topological polar surface area (TPSA) is 101 Å². The molecule has 29 heavy (non-hydrogen) atoms. The SMILES string of the molecule is O=C(NCc1nc2ccc([N+](=O)[O-])cc2[nH]1)C(c1ccccc1)c1ccccc1. The molecule has 0 fully saturated rings. The van der Waals surface area contributed by atoms with Crippen LogP contribution in [0.4, 0.5) is 5.69 Å². The predicted octanol–water partition coefficient (Wildman–Crippen LogP) is 3.92. The molecular formula is C22H18N4O3. The number of fused-ring (bicyclic) bond motifs is 1. The van der Waals surface area contributed by atoms with E-state index in [0.29, 0.717) is 16.9 Å². The Labute approximate surface area is 166 Å². The molecule has 0 aliphatic rings. The number of hydrogen-bond donors (Lipinski definition) is 2. The molecule has 144 valence electrons. The molecule has 0 saturated carbocycles. The summed E-state index contributed by atoms with van der Waals surface area (Å²) in [5, 5.41) is 13.9. The number of hydrogen-bond acceptors (Lipinski definition) is 4. The second-order valence-corrected chi connectivity index (χ2v) is 6.61. The van der Waals surface area contributed by atoms with Crippen molar-refractivity contribution in [1.82, 2.24) is 15.3 Å². The Bertz CT molecular complexity index is 1120. The van der Waals surface area contributed by atoms with Gasteiger partial charge in [0.1, 0.15) is 5.82 Å². The quantitative estimate of drug-likeness (QED) is 0.387. The molecule has 0 radical (unpaired) electrons. The number of benzene rings is 3. The van der Waals surface area contributed by atoms with Crippen LogP contribution in [0.25, 0.3) is 11.0 Å². The molecule has 0 unspecified atom stereocenters. The number of H-pyrrole nitrogens is 1. The van der Waals surface area contributed by atoms with Gasteiger partial charge in [0.15, 0.2) is 0 Å². The molecule has 4 rings (SSSR count). The van der Waals surface area contributed by atoms with Gasteiger partial charge in [-0.1, -0.05) is 60.7 Å². The van der Waals surface area contributed by atoms with Crippen LogP contribution in [0.3, 0.4) is 0 Å². The summed E-state index contributed by atoms with van der Waals surface area (Å²) in [7, 11) is 0. The third kappa shape index (κ3) is 3.98. The van der Waals surface area contributed by atoms with Crippen molar-refractivity contribution in [3.63, 3.8) is 0 Å². The van der Waals surface area contributed by atoms with Gasteiger partial charge in [-0.05, 0) is 17.2 Å². The molecule has 4 aromatic rings. The number of aromatic nitrogens is 2. The number of nitrogens with zero attached hydrogens (tertiary/aromatic N) is 2. The average molecular weight is 386 g/mol. The molecule has 0 atom stereocenters. The van der Waals surface area contributed by atoms with Crippen molar-refractivity contribution in [2.75, 3.05) is 0 Å². The Morgan fingerprint density at radius 3 is 2.21 bits per heavy atom. The summed E-state index contributed by atoms with van der Waals surface area (Å²) >= 11 is 0. The van der Waals surface area contributed by atoms with Crippen molar-refractivity contribution >= 4 is 22.6 Å². The molecule has 7 heteroatoms. The molecular weight excluding hydrogens is 368 g/mol. The fourth-order valence-corrected chi connectivity index (χ4v) is 3.31. The lowest BCUT2D eigenvalue weighted by molar-refractivity contribution is -0.384. The molecule has 1 amide bonds. The zero-order valence-corrected chi connectivity index (χ0v) is 15.4. The summed E-state index contributed by atoms with van der Waals surface area (Å²) in [4.78, 5) is 30.9. The first kappa shape index (κ1) is 18.4. The monoisotopic (exact) mass is 386 g/mol. The molecule has 1 aromatic heterocycles. The van der Waals surface area contributed by atoms with Gasteiger partial charge < -0.3 is 10.3 Å². The summed E-state index contributed by atoms with van der Waals surface area (Å²) in [5.41, 5.74) is 2.96. The fraction of sp³-hybridized carbons (Fsp3) is 0.0909. The van der Waals surface area contributed by atoms with Gasteiger partial charge >= 0.3 is 0 Å². The van der Waals surface area contributed by atoms with Gasteiger partial charge in [0.05, 0.1) is 28.4 Å². The molecule has 0 spiro atoms. The van der Waals surface area contributed by atoms with E-state index in [9.17, 15) is 14.9 Å². The first-order valence-electron chi connectivity index (χ1n) is 9.12. The van der Waals surface area contributed by atoms with E-state index in [1.165, 1.54) is 12.1 Å². The Kier molecular flexibility index (Phi) is 5.03. The zero-order chi connectivity index (χ0) is 20.2. The van der Waals surface area contributed by atoms with E-state index < -0.39 is 10.8 Å². The summed E-state index contributed by atoms with van der Waals surface area (Å²) in [6, 6.07) is 23.6. The lowest BCUT2D eigenvalue weighted by Crippen LogP contribution is -2.30. The Morgan fingerprint density at radius 2 is 1.62 bits per heavy atom. The maximum absolute atomic E-state index is 13.0. The first-order chi connectivity index (χ1) is 14.1. The number of carbonyl (C=O) groups is 1. The van der Waals surface area contributed by atoms with Crippen LogP contribution in [-0.2, 0) is 11.3 Å². The largest absolute Gasteiger partial charge is 0.348 e. The van der Waals surface area contributed by atoms with Crippen LogP contribution < -0.4 is 5.32 Å². The Balaban J connectivity index is 1.55. The maximum atomic E-state index is 13.0. The van der Waals surface area contributed by atoms with Crippen LogP contribution in [0, 0.1) is 10.1 Å². The minimum Gasteiger partial charge on any atom is -0.348 e. The predicted molar refractivity (Wildman–Crippen MR) is 109 cm³/mol. The van der Waals surface area contributed by atoms with E-state index >= 15 is 0 Å². The van der Waals surface area contributed by atoms with E-state index in [1.807, 2.05) is 60.7 Å². The van der Waals surface area contributed by atoms with Gasteiger partial charge in [0, 0.05) is 12.1 Å². The third-order valence-corrected chi connectivity index (χ3v) is 4.68. The van der Waals surface area contributed by atoms with Crippen molar-refractivity contribution in [1.29, 1.82) is 0 Å². The number of carbonyl (C=O) groups excluding carboxylic acids is 1. The van der Waals surface area contributed by atoms with E-state index in [0.717, 1.165) is 11.1 Å². The van der Waals surface area contributed by atoms with Gasteiger partial charge in [-0.2, -0.15) is 0 Å². The molecule has 0 aliphatic carbocycles. The number of nitrogens with one attached hydrogen (secondary N) is 2. The summed E-state index contributed by atoms with van der Waals surface area (Å²) in [6.07, 6.45) is 0. The highest BCUT2D eigenvalue weighted by molar-refractivity contribution is 5.87. The molecule has 0 aliphatic heterocycles. The second-order valence-electron chi connectivity index (χ2n) is 6.61. The van der Waals surface area contributed by atoms with E-state index in [1.54, 1.807) is 6.07 Å². The lowest BCUT2D eigenvalue weighted by atomic mass is 9.90. The number of nitro benzene ring substituents is 1. The summed E-state index contributed by atoms with van der Waals surface area (Å²) in [5.74, 6) is -0.0505. The number of amides is 1. The molecule has 2 N–H and O–H groups in total. The molecule has 3 aromatic carbocycles. The van der Waals surface area contributed by atoms with Crippen LogP contribution >= 0.6 is 0 Å². The van der Waals surface area contributed by atoms with Gasteiger partial charge in [0.2, 0.25) is 5.91 Å². The van der Waals surface area contributed by atoms with Crippen LogP contribution in [0.2, 0.25) is 0 Å². The van der Waals surface area contributed by atoms with E-state index in [-0.39, 0.29) is 18.1 Å². The normalized spacial score (nSPS) is 10.9. The van der Waals surface area contributed by atoms with E-state index in [4.69, 9.17) is 0 Å². The number of imidazole rings is 1. The van der Waals surface area contributed by atoms with Crippen molar-refractivity contribution < 1.29 is 9.72 Å². The van der Waals surface area contributed by atoms with Crippen molar-refractivity contribution in [3.05, 3.63) is 106 Å².